The van der Waals surface area contributed by atoms with E-state index in [2.05, 4.69) is 10.4 Å². The van der Waals surface area contributed by atoms with Gasteiger partial charge in [-0.3, -0.25) is 9.48 Å². The molecule has 1 unspecified atom stereocenters. The fourth-order valence-electron chi connectivity index (χ4n) is 3.27. The van der Waals surface area contributed by atoms with Crippen LogP contribution in [0.2, 0.25) is 5.02 Å². The monoisotopic (exact) mass is 443 g/mol. The summed E-state index contributed by atoms with van der Waals surface area (Å²) < 4.78 is 18.0. The summed E-state index contributed by atoms with van der Waals surface area (Å²) >= 11 is 6.12. The number of ether oxygens (including phenoxy) is 3. The zero-order valence-corrected chi connectivity index (χ0v) is 19.0. The second-order valence-corrected chi connectivity index (χ2v) is 7.67. The molecule has 3 aromatic rings. The Morgan fingerprint density at radius 1 is 1.13 bits per heavy atom. The number of halogens is 1. The molecule has 1 aromatic heterocycles. The van der Waals surface area contributed by atoms with Crippen molar-refractivity contribution in [2.75, 3.05) is 27.9 Å². The molecular weight excluding hydrogens is 418 g/mol. The average Bonchev–Trinajstić information content (AvgIpc) is 3.18. The van der Waals surface area contributed by atoms with Gasteiger partial charge in [-0.25, -0.2) is 0 Å². The zero-order chi connectivity index (χ0) is 22.6. The van der Waals surface area contributed by atoms with Gasteiger partial charge in [0.1, 0.15) is 22.8 Å². The molecule has 0 bridgehead atoms. The minimum atomic E-state index is -0.738. The van der Waals surface area contributed by atoms with E-state index in [4.69, 9.17) is 25.8 Å². The molecule has 0 aliphatic rings. The first-order valence-corrected chi connectivity index (χ1v) is 10.0. The molecular formula is C23H26ClN3O4. The number of carbonyl (C=O) groups excluding carboxylic acids is 1. The quantitative estimate of drug-likeness (QED) is 0.568. The molecule has 1 heterocycles. The number of aryl methyl sites for hydroxylation is 1. The molecule has 7 nitrogen and oxygen atoms in total. The number of hydrogen-bond donors (Lipinski definition) is 1. The first kappa shape index (κ1) is 22.7. The zero-order valence-electron chi connectivity index (χ0n) is 18.2. The first-order valence-electron chi connectivity index (χ1n) is 9.67. The van der Waals surface area contributed by atoms with Crippen LogP contribution in [0.4, 0.5) is 0 Å². The SMILES string of the molecule is COc1ccc(OC)c(-c2cc(C(=O)NCC(C)(OC)c3cccc(Cl)c3)n(C)n2)c1. The number of nitrogens with one attached hydrogen (secondary N) is 1. The standard InChI is InChI=1S/C23H26ClN3O4/c1-23(31-5,15-7-6-8-16(24)11-15)14-25-22(28)20-13-19(26-27(20)2)18-12-17(29-3)9-10-21(18)30-4/h6-13H,14H2,1-5H3,(H,25,28). The average molecular weight is 444 g/mol. The third-order valence-electron chi connectivity index (χ3n) is 5.27. The largest absolute Gasteiger partial charge is 0.497 e. The fourth-order valence-corrected chi connectivity index (χ4v) is 3.46. The Kier molecular flexibility index (Phi) is 6.87. The van der Waals surface area contributed by atoms with Gasteiger partial charge in [0.15, 0.2) is 0 Å². The van der Waals surface area contributed by atoms with Gasteiger partial charge in [0.25, 0.3) is 5.91 Å². The van der Waals surface area contributed by atoms with Gasteiger partial charge in [0.05, 0.1) is 26.5 Å². The maximum atomic E-state index is 12.9. The maximum absolute atomic E-state index is 12.9. The van der Waals surface area contributed by atoms with Crippen LogP contribution in [-0.4, -0.2) is 43.6 Å². The van der Waals surface area contributed by atoms with Gasteiger partial charge >= 0.3 is 0 Å². The lowest BCUT2D eigenvalue weighted by Gasteiger charge is -2.29. The van der Waals surface area contributed by atoms with Gasteiger partial charge in [0.2, 0.25) is 0 Å². The molecule has 8 heteroatoms. The van der Waals surface area contributed by atoms with Crippen LogP contribution in [0.25, 0.3) is 11.3 Å². The molecule has 1 N–H and O–H groups in total. The predicted octanol–water partition coefficient (Wildman–Crippen LogP) is 4.05. The number of nitrogens with zero attached hydrogens (tertiary/aromatic N) is 2. The highest BCUT2D eigenvalue weighted by atomic mass is 35.5. The van der Waals surface area contributed by atoms with E-state index in [0.29, 0.717) is 27.9 Å². The highest BCUT2D eigenvalue weighted by Gasteiger charge is 2.28. The molecule has 0 saturated carbocycles. The van der Waals surface area contributed by atoms with Crippen LogP contribution in [0.5, 0.6) is 11.5 Å². The molecule has 164 valence electrons. The third kappa shape index (κ3) is 4.84. The van der Waals surface area contributed by atoms with E-state index in [1.807, 2.05) is 31.2 Å². The van der Waals surface area contributed by atoms with Crippen molar-refractivity contribution >= 4 is 17.5 Å². The van der Waals surface area contributed by atoms with Gasteiger partial charge in [-0.15, -0.1) is 0 Å². The van der Waals surface area contributed by atoms with Crippen molar-refractivity contribution in [1.29, 1.82) is 0 Å². The Hall–Kier alpha value is -3.03. The minimum Gasteiger partial charge on any atom is -0.497 e. The third-order valence-corrected chi connectivity index (χ3v) is 5.50. The van der Waals surface area contributed by atoms with E-state index in [1.165, 1.54) is 4.68 Å². The summed E-state index contributed by atoms with van der Waals surface area (Å²) in [5.41, 5.74) is 1.88. The number of methoxy groups -OCH3 is 3. The van der Waals surface area contributed by atoms with Crippen molar-refractivity contribution in [2.45, 2.75) is 12.5 Å². The molecule has 1 amide bonds. The maximum Gasteiger partial charge on any atom is 0.269 e. The normalized spacial score (nSPS) is 12.8. The van der Waals surface area contributed by atoms with Crippen LogP contribution < -0.4 is 14.8 Å². The first-order chi connectivity index (χ1) is 14.8. The van der Waals surface area contributed by atoms with Crippen molar-refractivity contribution < 1.29 is 19.0 Å². The Morgan fingerprint density at radius 2 is 1.90 bits per heavy atom. The molecule has 31 heavy (non-hydrogen) atoms. The lowest BCUT2D eigenvalue weighted by molar-refractivity contribution is 0.00307. The Labute approximate surface area is 186 Å². The minimum absolute atomic E-state index is 0.256. The smallest absolute Gasteiger partial charge is 0.269 e. The summed E-state index contributed by atoms with van der Waals surface area (Å²) in [5.74, 6) is 1.04. The Bertz CT molecular complexity index is 1080. The van der Waals surface area contributed by atoms with Crippen molar-refractivity contribution in [1.82, 2.24) is 15.1 Å². The van der Waals surface area contributed by atoms with Gasteiger partial charge in [-0.2, -0.15) is 5.10 Å². The van der Waals surface area contributed by atoms with Crippen LogP contribution >= 0.6 is 11.6 Å². The van der Waals surface area contributed by atoms with Crippen molar-refractivity contribution in [3.05, 3.63) is 64.8 Å². The van der Waals surface area contributed by atoms with Crippen LogP contribution in [0.1, 0.15) is 23.0 Å². The molecule has 0 aliphatic heterocycles. The molecule has 0 saturated heterocycles. The summed E-state index contributed by atoms with van der Waals surface area (Å²) in [6.45, 7) is 2.15. The summed E-state index contributed by atoms with van der Waals surface area (Å²) in [6.07, 6.45) is 0. The van der Waals surface area contributed by atoms with Crippen LogP contribution in [0, 0.1) is 0 Å². The van der Waals surface area contributed by atoms with Gasteiger partial charge in [-0.05, 0) is 48.9 Å². The van der Waals surface area contributed by atoms with Crippen LogP contribution in [0.3, 0.4) is 0 Å². The van der Waals surface area contributed by atoms with E-state index in [9.17, 15) is 4.79 Å². The van der Waals surface area contributed by atoms with E-state index in [1.54, 1.807) is 52.6 Å². The van der Waals surface area contributed by atoms with E-state index in [0.717, 1.165) is 11.1 Å². The molecule has 2 aromatic carbocycles. The van der Waals surface area contributed by atoms with Crippen molar-refractivity contribution in [3.63, 3.8) is 0 Å². The topological polar surface area (TPSA) is 74.6 Å². The van der Waals surface area contributed by atoms with E-state index >= 15 is 0 Å². The van der Waals surface area contributed by atoms with Crippen LogP contribution in [-0.2, 0) is 17.4 Å². The summed E-state index contributed by atoms with van der Waals surface area (Å²) in [5, 5.41) is 8.04. The molecule has 0 spiro atoms. The lowest BCUT2D eigenvalue weighted by Crippen LogP contribution is -2.40. The Balaban J connectivity index is 1.83. The van der Waals surface area contributed by atoms with Crippen LogP contribution in [0.15, 0.2) is 48.5 Å². The summed E-state index contributed by atoms with van der Waals surface area (Å²) in [4.78, 5) is 12.9. The number of amides is 1. The van der Waals surface area contributed by atoms with E-state index < -0.39 is 5.60 Å². The highest BCUT2D eigenvalue weighted by molar-refractivity contribution is 6.30. The highest BCUT2D eigenvalue weighted by Crippen LogP contribution is 2.33. The lowest BCUT2D eigenvalue weighted by atomic mass is 9.95. The Morgan fingerprint density at radius 3 is 2.55 bits per heavy atom. The number of hydrogen-bond acceptors (Lipinski definition) is 5. The fraction of sp³-hybridized carbons (Fsp3) is 0.304. The summed E-state index contributed by atoms with van der Waals surface area (Å²) in [6, 6.07) is 14.5. The van der Waals surface area contributed by atoms with Gasteiger partial charge < -0.3 is 19.5 Å². The molecule has 3 rings (SSSR count). The second-order valence-electron chi connectivity index (χ2n) is 7.23. The van der Waals surface area contributed by atoms with Gasteiger partial charge in [0, 0.05) is 24.7 Å². The van der Waals surface area contributed by atoms with Gasteiger partial charge in [-0.1, -0.05) is 23.7 Å². The number of benzene rings is 2. The second kappa shape index (κ2) is 9.41. The van der Waals surface area contributed by atoms with Crippen molar-refractivity contribution in [2.24, 2.45) is 7.05 Å². The molecule has 0 aliphatic carbocycles. The number of aromatic nitrogens is 2. The molecule has 0 fully saturated rings. The van der Waals surface area contributed by atoms with E-state index in [-0.39, 0.29) is 12.5 Å². The summed E-state index contributed by atoms with van der Waals surface area (Å²) in [7, 11) is 6.50. The number of rotatable bonds is 8. The molecule has 1 atom stereocenters. The number of carbonyl (C=O) groups is 1. The predicted molar refractivity (Wildman–Crippen MR) is 120 cm³/mol. The van der Waals surface area contributed by atoms with Crippen molar-refractivity contribution in [3.8, 4) is 22.8 Å². The molecule has 0 radical (unpaired) electrons.